The van der Waals surface area contributed by atoms with Gasteiger partial charge in [0.15, 0.2) is 0 Å². The number of morpholine rings is 1. The normalized spacial score (nSPS) is 23.3. The molecule has 0 radical (unpaired) electrons. The van der Waals surface area contributed by atoms with Crippen LogP contribution >= 0.6 is 11.6 Å². The number of hydrogen-bond acceptors (Lipinski definition) is 4. The van der Waals surface area contributed by atoms with E-state index in [4.69, 9.17) is 16.3 Å². The molecule has 1 aromatic heterocycles. The molecule has 0 saturated carbocycles. The first kappa shape index (κ1) is 14.1. The van der Waals surface area contributed by atoms with E-state index in [0.29, 0.717) is 23.9 Å². The van der Waals surface area contributed by atoms with Gasteiger partial charge in [-0.25, -0.2) is 4.98 Å². The van der Waals surface area contributed by atoms with Crippen molar-refractivity contribution in [1.29, 1.82) is 0 Å². The maximum Gasteiger partial charge on any atom is 0.274 e. The van der Waals surface area contributed by atoms with Crippen LogP contribution in [0.2, 0.25) is 5.02 Å². The Kier molecular flexibility index (Phi) is 4.27. The number of rotatable bonds is 2. The van der Waals surface area contributed by atoms with Crippen molar-refractivity contribution in [1.82, 2.24) is 9.88 Å². The summed E-state index contributed by atoms with van der Waals surface area (Å²) in [5.74, 6) is 0.478. The number of carbonyl (C=O) groups excluding carboxylic acids is 1. The van der Waals surface area contributed by atoms with Crippen molar-refractivity contribution in [2.45, 2.75) is 26.1 Å². The number of nitrogens with one attached hydrogen (secondary N) is 1. The molecule has 2 heterocycles. The van der Waals surface area contributed by atoms with Crippen LogP contribution in [-0.4, -0.2) is 48.1 Å². The minimum Gasteiger partial charge on any atom is -0.373 e. The molecule has 6 heteroatoms. The summed E-state index contributed by atoms with van der Waals surface area (Å²) in [6.45, 7) is 5.03. The summed E-state index contributed by atoms with van der Waals surface area (Å²) in [6, 6.07) is 3.42. The van der Waals surface area contributed by atoms with E-state index in [0.717, 1.165) is 0 Å². The van der Waals surface area contributed by atoms with Gasteiger partial charge in [-0.1, -0.05) is 11.6 Å². The molecule has 0 unspecified atom stereocenters. The molecule has 0 spiro atoms. The van der Waals surface area contributed by atoms with Gasteiger partial charge in [0.1, 0.15) is 11.5 Å². The topological polar surface area (TPSA) is 54.5 Å². The van der Waals surface area contributed by atoms with Crippen LogP contribution in [0.25, 0.3) is 0 Å². The predicted octanol–water partition coefficient (Wildman–Crippen LogP) is 2.03. The highest BCUT2D eigenvalue weighted by Gasteiger charge is 2.28. The summed E-state index contributed by atoms with van der Waals surface area (Å²) in [6.07, 6.45) is 0.0536. The molecule has 104 valence electrons. The molecular formula is C13H18ClN3O2. The Morgan fingerprint density at radius 1 is 1.42 bits per heavy atom. The van der Waals surface area contributed by atoms with Crippen LogP contribution in [0.3, 0.4) is 0 Å². The third kappa shape index (κ3) is 3.16. The molecule has 5 nitrogen and oxygen atoms in total. The first-order valence-electron chi connectivity index (χ1n) is 6.30. The second-order valence-corrected chi connectivity index (χ2v) is 5.15. The van der Waals surface area contributed by atoms with Gasteiger partial charge in [0.2, 0.25) is 0 Å². The molecule has 2 rings (SSSR count). The van der Waals surface area contributed by atoms with E-state index in [1.54, 1.807) is 24.1 Å². The molecule has 0 aromatic carbocycles. The fraction of sp³-hybridized carbons (Fsp3) is 0.538. The number of amides is 1. The largest absolute Gasteiger partial charge is 0.373 e. The van der Waals surface area contributed by atoms with Gasteiger partial charge in [-0.2, -0.15) is 0 Å². The number of pyridine rings is 1. The van der Waals surface area contributed by atoms with Crippen molar-refractivity contribution in [2.75, 3.05) is 25.5 Å². The molecule has 1 aliphatic rings. The molecule has 19 heavy (non-hydrogen) atoms. The zero-order chi connectivity index (χ0) is 14.0. The van der Waals surface area contributed by atoms with Crippen LogP contribution in [-0.2, 0) is 4.74 Å². The van der Waals surface area contributed by atoms with E-state index < -0.39 is 0 Å². The predicted molar refractivity (Wildman–Crippen MR) is 74.7 cm³/mol. The maximum absolute atomic E-state index is 12.5. The van der Waals surface area contributed by atoms with Crippen LogP contribution in [0.15, 0.2) is 12.1 Å². The highest BCUT2D eigenvalue weighted by Crippen LogP contribution is 2.20. The molecule has 1 fully saturated rings. The van der Waals surface area contributed by atoms with Gasteiger partial charge in [0.05, 0.1) is 17.2 Å². The lowest BCUT2D eigenvalue weighted by molar-refractivity contribution is -0.0587. The first-order chi connectivity index (χ1) is 9.01. The van der Waals surface area contributed by atoms with Crippen molar-refractivity contribution in [3.63, 3.8) is 0 Å². The van der Waals surface area contributed by atoms with Crippen LogP contribution in [0, 0.1) is 0 Å². The molecule has 0 aliphatic carbocycles. The Balaban J connectivity index is 2.23. The van der Waals surface area contributed by atoms with E-state index in [1.807, 2.05) is 13.8 Å². The summed E-state index contributed by atoms with van der Waals surface area (Å²) in [5, 5.41) is 3.28. The minimum atomic E-state index is -0.149. The van der Waals surface area contributed by atoms with Crippen LogP contribution in [0.5, 0.6) is 0 Å². The highest BCUT2D eigenvalue weighted by atomic mass is 35.5. The molecule has 1 saturated heterocycles. The zero-order valence-electron chi connectivity index (χ0n) is 11.3. The number of halogens is 1. The summed E-state index contributed by atoms with van der Waals surface area (Å²) in [7, 11) is 1.75. The molecule has 0 bridgehead atoms. The van der Waals surface area contributed by atoms with E-state index in [1.165, 1.54) is 0 Å². The van der Waals surface area contributed by atoms with Crippen LogP contribution < -0.4 is 5.32 Å². The van der Waals surface area contributed by atoms with Crippen molar-refractivity contribution in [3.05, 3.63) is 22.8 Å². The second-order valence-electron chi connectivity index (χ2n) is 4.74. The standard InChI is InChI=1S/C13H18ClN3O2/c1-8-6-17(7-9(2)19-8)13(18)12-10(14)4-5-11(15-3)16-12/h4-5,8-9H,6-7H2,1-3H3,(H,15,16)/t8-,9+. The Morgan fingerprint density at radius 2 is 2.05 bits per heavy atom. The third-order valence-corrected chi connectivity index (χ3v) is 3.32. The van der Waals surface area contributed by atoms with Gasteiger partial charge < -0.3 is 15.0 Å². The molecule has 1 N–H and O–H groups in total. The summed E-state index contributed by atoms with van der Waals surface area (Å²) < 4.78 is 5.62. The Morgan fingerprint density at radius 3 is 2.63 bits per heavy atom. The molecule has 1 aromatic rings. The van der Waals surface area contributed by atoms with Crippen molar-refractivity contribution < 1.29 is 9.53 Å². The number of anilines is 1. The average Bonchev–Trinajstić information content (AvgIpc) is 2.37. The lowest BCUT2D eigenvalue weighted by Gasteiger charge is -2.35. The summed E-state index contributed by atoms with van der Waals surface area (Å²) in [4.78, 5) is 18.5. The minimum absolute atomic E-state index is 0.0268. The number of carbonyl (C=O) groups is 1. The highest BCUT2D eigenvalue weighted by molar-refractivity contribution is 6.33. The lowest BCUT2D eigenvalue weighted by Crippen LogP contribution is -2.48. The second kappa shape index (κ2) is 5.75. The van der Waals surface area contributed by atoms with E-state index in [9.17, 15) is 4.79 Å². The van der Waals surface area contributed by atoms with Crippen molar-refractivity contribution in [2.24, 2.45) is 0 Å². The van der Waals surface area contributed by atoms with Gasteiger partial charge in [-0.15, -0.1) is 0 Å². The van der Waals surface area contributed by atoms with Gasteiger partial charge in [0, 0.05) is 20.1 Å². The van der Waals surface area contributed by atoms with E-state index in [-0.39, 0.29) is 23.8 Å². The van der Waals surface area contributed by atoms with Crippen LogP contribution in [0.4, 0.5) is 5.82 Å². The lowest BCUT2D eigenvalue weighted by atomic mass is 10.2. The molecule has 1 amide bonds. The Bertz CT molecular complexity index is 471. The quantitative estimate of drug-likeness (QED) is 0.902. The average molecular weight is 284 g/mol. The van der Waals surface area contributed by atoms with Crippen molar-refractivity contribution >= 4 is 23.3 Å². The number of ether oxygens (including phenoxy) is 1. The molecular weight excluding hydrogens is 266 g/mol. The summed E-state index contributed by atoms with van der Waals surface area (Å²) in [5.41, 5.74) is 0.287. The number of aromatic nitrogens is 1. The fourth-order valence-corrected chi connectivity index (χ4v) is 2.41. The van der Waals surface area contributed by atoms with Crippen molar-refractivity contribution in [3.8, 4) is 0 Å². The van der Waals surface area contributed by atoms with Gasteiger partial charge in [-0.05, 0) is 26.0 Å². The summed E-state index contributed by atoms with van der Waals surface area (Å²) >= 11 is 6.07. The fourth-order valence-electron chi connectivity index (χ4n) is 2.22. The molecule has 2 atom stereocenters. The smallest absolute Gasteiger partial charge is 0.274 e. The SMILES string of the molecule is CNc1ccc(Cl)c(C(=O)N2C[C@@H](C)O[C@@H](C)C2)n1. The monoisotopic (exact) mass is 283 g/mol. The Hall–Kier alpha value is -1.33. The zero-order valence-corrected chi connectivity index (χ0v) is 12.1. The Labute approximate surface area is 117 Å². The van der Waals surface area contributed by atoms with Gasteiger partial charge in [0.25, 0.3) is 5.91 Å². The van der Waals surface area contributed by atoms with E-state index in [2.05, 4.69) is 10.3 Å². The number of nitrogens with zero attached hydrogens (tertiary/aromatic N) is 2. The third-order valence-electron chi connectivity index (χ3n) is 3.01. The maximum atomic E-state index is 12.5. The first-order valence-corrected chi connectivity index (χ1v) is 6.68. The van der Waals surface area contributed by atoms with Gasteiger partial charge >= 0.3 is 0 Å². The molecule has 1 aliphatic heterocycles. The van der Waals surface area contributed by atoms with Crippen LogP contribution in [0.1, 0.15) is 24.3 Å². The van der Waals surface area contributed by atoms with E-state index >= 15 is 0 Å². The number of hydrogen-bond donors (Lipinski definition) is 1. The van der Waals surface area contributed by atoms with Gasteiger partial charge in [-0.3, -0.25) is 4.79 Å².